The molecule has 7 nitrogen and oxygen atoms in total. The van der Waals surface area contributed by atoms with Gasteiger partial charge in [-0.1, -0.05) is 0 Å². The van der Waals surface area contributed by atoms with E-state index in [0.717, 1.165) is 5.82 Å². The molecule has 0 saturated carbocycles. The van der Waals surface area contributed by atoms with Crippen LogP contribution in [0.15, 0.2) is 12.4 Å². The van der Waals surface area contributed by atoms with Crippen LogP contribution in [0.1, 0.15) is 18.8 Å². The molecule has 0 bridgehead atoms. The molecule has 0 spiro atoms. The van der Waals surface area contributed by atoms with Crippen LogP contribution in [-0.4, -0.2) is 19.8 Å². The smallest absolute Gasteiger partial charge is 0.291 e. The van der Waals surface area contributed by atoms with Crippen LogP contribution in [0.25, 0.3) is 0 Å². The topological polar surface area (TPSA) is 107 Å². The number of imidazole rings is 1. The molecule has 1 heterocycles. The summed E-state index contributed by atoms with van der Waals surface area (Å²) in [6.07, 6.45) is 3.64. The van der Waals surface area contributed by atoms with Gasteiger partial charge in [-0.15, -0.1) is 10.1 Å². The Labute approximate surface area is 74.9 Å². The van der Waals surface area contributed by atoms with E-state index >= 15 is 0 Å². The molecule has 0 aliphatic carbocycles. The van der Waals surface area contributed by atoms with E-state index < -0.39 is 5.09 Å². The Bertz CT molecular complexity index is 267. The van der Waals surface area contributed by atoms with E-state index in [4.69, 9.17) is 21.1 Å². The maximum absolute atomic E-state index is 8.36. The van der Waals surface area contributed by atoms with Crippen LogP contribution in [0.5, 0.6) is 0 Å². The predicted octanol–water partition coefficient (Wildman–Crippen LogP) is 0.0921. The highest BCUT2D eigenvalue weighted by molar-refractivity contribution is 4.95. The molecule has 3 N–H and O–H groups in total. The first-order valence-electron chi connectivity index (χ1n) is 3.51. The van der Waals surface area contributed by atoms with E-state index in [2.05, 4.69) is 4.98 Å². The average molecular weight is 188 g/mol. The predicted molar refractivity (Wildman–Crippen MR) is 44.6 cm³/mol. The summed E-state index contributed by atoms with van der Waals surface area (Å²) in [7, 11) is 1.94. The number of hydrogen-bond donors (Lipinski definition) is 2. The van der Waals surface area contributed by atoms with Gasteiger partial charge in [-0.05, 0) is 6.92 Å². The lowest BCUT2D eigenvalue weighted by molar-refractivity contribution is -0.742. The number of nitrogens with two attached hydrogens (primary N) is 1. The van der Waals surface area contributed by atoms with Crippen LogP contribution in [0.2, 0.25) is 0 Å². The van der Waals surface area contributed by atoms with Gasteiger partial charge in [-0.25, -0.2) is 4.98 Å². The first-order valence-corrected chi connectivity index (χ1v) is 3.51. The van der Waals surface area contributed by atoms with Gasteiger partial charge < -0.3 is 15.5 Å². The van der Waals surface area contributed by atoms with E-state index in [1.807, 2.05) is 24.7 Å². The van der Waals surface area contributed by atoms with Gasteiger partial charge in [0.05, 0.1) is 6.04 Å². The van der Waals surface area contributed by atoms with Gasteiger partial charge in [0.25, 0.3) is 5.09 Å². The van der Waals surface area contributed by atoms with Crippen molar-refractivity contribution >= 4 is 0 Å². The summed E-state index contributed by atoms with van der Waals surface area (Å²) >= 11 is 0. The minimum absolute atomic E-state index is 0.0324. The van der Waals surface area contributed by atoms with E-state index in [-0.39, 0.29) is 6.04 Å². The molecule has 0 aliphatic rings. The lowest BCUT2D eigenvalue weighted by Crippen LogP contribution is -2.10. The maximum Gasteiger partial charge on any atom is 0.291 e. The number of aryl methyl sites for hydroxylation is 1. The fraction of sp³-hybridized carbons (Fsp3) is 0.500. The van der Waals surface area contributed by atoms with Crippen LogP contribution < -0.4 is 5.73 Å². The van der Waals surface area contributed by atoms with Gasteiger partial charge in [0.15, 0.2) is 0 Å². The maximum atomic E-state index is 8.36. The van der Waals surface area contributed by atoms with Crippen molar-refractivity contribution in [2.45, 2.75) is 13.0 Å². The average Bonchev–Trinajstić information content (AvgIpc) is 2.33. The van der Waals surface area contributed by atoms with Gasteiger partial charge in [-0.2, -0.15) is 0 Å². The second kappa shape index (κ2) is 5.09. The zero-order valence-electron chi connectivity index (χ0n) is 7.41. The molecule has 1 aromatic rings. The van der Waals surface area contributed by atoms with Crippen LogP contribution in [0, 0.1) is 10.1 Å². The number of nitrogens with zero attached hydrogens (tertiary/aromatic N) is 3. The summed E-state index contributed by atoms with van der Waals surface area (Å²) in [5, 5.41) is 13.6. The first kappa shape index (κ1) is 11.4. The molecule has 0 aromatic carbocycles. The highest BCUT2D eigenvalue weighted by Crippen LogP contribution is 2.02. The van der Waals surface area contributed by atoms with Gasteiger partial charge in [0, 0.05) is 19.4 Å². The monoisotopic (exact) mass is 188 g/mol. The summed E-state index contributed by atoms with van der Waals surface area (Å²) in [6.45, 7) is 1.92. The quantitative estimate of drug-likeness (QED) is 0.479. The molecule has 74 valence electrons. The second-order valence-corrected chi connectivity index (χ2v) is 2.42. The van der Waals surface area contributed by atoms with Crippen LogP contribution in [0.3, 0.4) is 0 Å². The Hall–Kier alpha value is -1.63. The van der Waals surface area contributed by atoms with Gasteiger partial charge >= 0.3 is 0 Å². The molecule has 0 amide bonds. The van der Waals surface area contributed by atoms with E-state index in [0.29, 0.717) is 0 Å². The zero-order valence-corrected chi connectivity index (χ0v) is 7.41. The fourth-order valence-electron chi connectivity index (χ4n) is 0.816. The van der Waals surface area contributed by atoms with E-state index in [9.17, 15) is 0 Å². The lowest BCUT2D eigenvalue weighted by atomic mass is 10.3. The van der Waals surface area contributed by atoms with Gasteiger partial charge in [-0.3, -0.25) is 0 Å². The SMILES string of the molecule is CC(N)c1nccn1C.O=[N+]([O-])O. The number of hydrogen-bond acceptors (Lipinski definition) is 4. The summed E-state index contributed by atoms with van der Waals surface area (Å²) in [5.41, 5.74) is 5.58. The van der Waals surface area contributed by atoms with Crippen LogP contribution in [0.4, 0.5) is 0 Å². The molecule has 1 aromatic heterocycles. The molecular weight excluding hydrogens is 176 g/mol. The third-order valence-electron chi connectivity index (χ3n) is 1.27. The zero-order chi connectivity index (χ0) is 10.4. The lowest BCUT2D eigenvalue weighted by Gasteiger charge is -2.02. The second-order valence-electron chi connectivity index (χ2n) is 2.42. The molecule has 0 aliphatic heterocycles. The minimum Gasteiger partial charge on any atom is -0.337 e. The molecule has 0 saturated heterocycles. The van der Waals surface area contributed by atoms with Gasteiger partial charge in [0.2, 0.25) is 0 Å². The third kappa shape index (κ3) is 4.75. The van der Waals surface area contributed by atoms with Crippen molar-refractivity contribution in [2.75, 3.05) is 0 Å². The Balaban J connectivity index is 0.000000310. The highest BCUT2D eigenvalue weighted by atomic mass is 16.9. The molecular formula is C6H12N4O3. The molecule has 1 atom stereocenters. The highest BCUT2D eigenvalue weighted by Gasteiger charge is 2.01. The van der Waals surface area contributed by atoms with Crippen LogP contribution in [-0.2, 0) is 7.05 Å². The fourth-order valence-corrected chi connectivity index (χ4v) is 0.816. The van der Waals surface area contributed by atoms with Gasteiger partial charge in [0.1, 0.15) is 5.82 Å². The van der Waals surface area contributed by atoms with Crippen molar-refractivity contribution in [3.63, 3.8) is 0 Å². The van der Waals surface area contributed by atoms with E-state index in [1.165, 1.54) is 0 Å². The van der Waals surface area contributed by atoms with Crippen molar-refractivity contribution in [2.24, 2.45) is 12.8 Å². The Morgan fingerprint density at radius 3 is 2.46 bits per heavy atom. The molecule has 1 unspecified atom stereocenters. The standard InChI is InChI=1S/C6H11N3.HNO3/c1-5(7)6-8-3-4-9(6)2;2-1(3)4/h3-5H,7H2,1-2H3;(H,2,3,4). The number of aromatic nitrogens is 2. The Morgan fingerprint density at radius 2 is 2.31 bits per heavy atom. The molecule has 0 fully saturated rings. The van der Waals surface area contributed by atoms with E-state index in [1.54, 1.807) is 6.20 Å². The summed E-state index contributed by atoms with van der Waals surface area (Å²) < 4.78 is 1.92. The third-order valence-corrected chi connectivity index (χ3v) is 1.27. The normalized spacial score (nSPS) is 11.3. The van der Waals surface area contributed by atoms with Crippen molar-refractivity contribution in [3.8, 4) is 0 Å². The van der Waals surface area contributed by atoms with Crippen LogP contribution >= 0.6 is 0 Å². The van der Waals surface area contributed by atoms with Crippen molar-refractivity contribution in [1.82, 2.24) is 9.55 Å². The summed E-state index contributed by atoms with van der Waals surface area (Å²) in [5.74, 6) is 0.926. The number of rotatable bonds is 1. The molecule has 0 radical (unpaired) electrons. The van der Waals surface area contributed by atoms with Crippen molar-refractivity contribution < 1.29 is 10.3 Å². The molecule has 1 rings (SSSR count). The molecule has 7 heteroatoms. The Morgan fingerprint density at radius 1 is 1.85 bits per heavy atom. The minimum atomic E-state index is -1.50. The van der Waals surface area contributed by atoms with Crippen molar-refractivity contribution in [3.05, 3.63) is 28.3 Å². The summed E-state index contributed by atoms with van der Waals surface area (Å²) in [4.78, 5) is 12.4. The first-order chi connectivity index (χ1) is 5.95. The Kier molecular flexibility index (Phi) is 4.45. The molecule has 13 heavy (non-hydrogen) atoms. The van der Waals surface area contributed by atoms with Crippen molar-refractivity contribution in [1.29, 1.82) is 0 Å². The summed E-state index contributed by atoms with van der Waals surface area (Å²) in [6, 6.07) is 0.0324. The largest absolute Gasteiger partial charge is 0.337 e.